The minimum Gasteiger partial charge on any atom is -0.477 e. The number of hydrogen-bond acceptors (Lipinski definition) is 5. The number of aromatic nitrogens is 1. The van der Waals surface area contributed by atoms with Gasteiger partial charge in [0.15, 0.2) is 5.76 Å². The summed E-state index contributed by atoms with van der Waals surface area (Å²) < 4.78 is 12.0. The largest absolute Gasteiger partial charge is 0.477 e. The maximum absolute atomic E-state index is 13.1. The lowest BCUT2D eigenvalue weighted by Gasteiger charge is -2.30. The van der Waals surface area contributed by atoms with Crippen molar-refractivity contribution in [2.24, 2.45) is 0 Å². The molecule has 2 aliphatic heterocycles. The summed E-state index contributed by atoms with van der Waals surface area (Å²) in [5, 5.41) is 0.914. The highest BCUT2D eigenvalue weighted by molar-refractivity contribution is 6.37. The Balaban J connectivity index is 1.46. The van der Waals surface area contributed by atoms with Gasteiger partial charge in [-0.3, -0.25) is 14.7 Å². The second-order valence-corrected chi connectivity index (χ2v) is 8.37. The molecule has 1 aromatic heterocycles. The fourth-order valence-electron chi connectivity index (χ4n) is 3.92. The predicted molar refractivity (Wildman–Crippen MR) is 120 cm³/mol. The first-order valence-corrected chi connectivity index (χ1v) is 10.6. The van der Waals surface area contributed by atoms with E-state index in [1.165, 1.54) is 0 Å². The lowest BCUT2D eigenvalue weighted by Crippen LogP contribution is -2.32. The van der Waals surface area contributed by atoms with Crippen LogP contribution in [0, 0.1) is 6.92 Å². The van der Waals surface area contributed by atoms with E-state index in [1.807, 2.05) is 25.1 Å². The number of ketones is 1. The summed E-state index contributed by atoms with van der Waals surface area (Å²) in [7, 11) is 0. The molecule has 0 spiro atoms. The van der Waals surface area contributed by atoms with Gasteiger partial charge in [-0.15, -0.1) is 0 Å². The van der Waals surface area contributed by atoms with Crippen LogP contribution >= 0.6 is 23.2 Å². The molecule has 2 aliphatic rings. The van der Waals surface area contributed by atoms with E-state index in [-0.39, 0.29) is 11.5 Å². The minimum absolute atomic E-state index is 0.192. The zero-order chi connectivity index (χ0) is 21.5. The highest BCUT2D eigenvalue weighted by Gasteiger charge is 2.33. The molecule has 0 fully saturated rings. The lowest BCUT2D eigenvalue weighted by molar-refractivity contribution is 0.0876. The van der Waals surface area contributed by atoms with Crippen LogP contribution in [0.3, 0.4) is 0 Å². The van der Waals surface area contributed by atoms with Gasteiger partial charge in [0, 0.05) is 52.2 Å². The molecule has 5 rings (SSSR count). The van der Waals surface area contributed by atoms with E-state index in [9.17, 15) is 4.79 Å². The van der Waals surface area contributed by atoms with E-state index in [1.54, 1.807) is 36.7 Å². The average molecular weight is 453 g/mol. The first-order valence-electron chi connectivity index (χ1n) is 9.80. The first-order chi connectivity index (χ1) is 15.0. The van der Waals surface area contributed by atoms with E-state index in [2.05, 4.69) is 9.88 Å². The normalized spacial score (nSPS) is 16.6. The number of benzene rings is 2. The third-order valence-corrected chi connectivity index (χ3v) is 6.09. The molecule has 7 heteroatoms. The second kappa shape index (κ2) is 8.00. The van der Waals surface area contributed by atoms with Crippen molar-refractivity contribution in [1.29, 1.82) is 0 Å². The molecule has 2 aromatic carbocycles. The second-order valence-electron chi connectivity index (χ2n) is 7.56. The number of pyridine rings is 1. The van der Waals surface area contributed by atoms with E-state index in [0.717, 1.165) is 29.0 Å². The number of ether oxygens (including phenoxy) is 2. The molecule has 0 bridgehead atoms. The van der Waals surface area contributed by atoms with Gasteiger partial charge in [0.25, 0.3) is 0 Å². The molecule has 0 aliphatic carbocycles. The number of hydrogen-bond donors (Lipinski definition) is 0. The topological polar surface area (TPSA) is 51.7 Å². The molecule has 156 valence electrons. The van der Waals surface area contributed by atoms with E-state index >= 15 is 0 Å². The van der Waals surface area contributed by atoms with Crippen LogP contribution in [-0.4, -0.2) is 22.4 Å². The van der Waals surface area contributed by atoms with Crippen LogP contribution in [0.2, 0.25) is 10.0 Å². The summed E-state index contributed by atoms with van der Waals surface area (Å²) in [5.74, 6) is 1.31. The maximum atomic E-state index is 13.1. The molecule has 31 heavy (non-hydrogen) atoms. The molecule has 0 N–H and O–H groups in total. The van der Waals surface area contributed by atoms with E-state index in [0.29, 0.717) is 40.2 Å². The fraction of sp³-hybridized carbons (Fsp3) is 0.167. The highest BCUT2D eigenvalue weighted by atomic mass is 35.5. The number of carbonyl (C=O) groups excluding carboxylic acids is 1. The van der Waals surface area contributed by atoms with E-state index in [4.69, 9.17) is 32.7 Å². The van der Waals surface area contributed by atoms with Gasteiger partial charge in [0.05, 0.1) is 5.56 Å². The van der Waals surface area contributed by atoms with Gasteiger partial charge in [0.1, 0.15) is 18.2 Å². The number of rotatable bonds is 3. The molecule has 0 saturated carbocycles. The van der Waals surface area contributed by atoms with Crippen molar-refractivity contribution in [2.75, 3.05) is 6.73 Å². The van der Waals surface area contributed by atoms with Crippen molar-refractivity contribution in [3.63, 3.8) is 0 Å². The summed E-state index contributed by atoms with van der Waals surface area (Å²) in [6, 6.07) is 11.0. The zero-order valence-electron chi connectivity index (χ0n) is 16.7. The van der Waals surface area contributed by atoms with E-state index < -0.39 is 0 Å². The third-order valence-electron chi connectivity index (χ3n) is 5.43. The number of Topliss-reactive ketones (excluding diaryl/α,β-unsaturated/α-hetero) is 1. The van der Waals surface area contributed by atoms with Crippen molar-refractivity contribution >= 4 is 35.1 Å². The Morgan fingerprint density at radius 1 is 1.13 bits per heavy atom. The Labute approximate surface area is 189 Å². The zero-order valence-corrected chi connectivity index (χ0v) is 18.2. The number of nitrogens with zero attached hydrogens (tertiary/aromatic N) is 2. The number of halogens is 2. The third kappa shape index (κ3) is 3.69. The SMILES string of the molecule is Cc1c2c(cc3c1O/C(=C\c1c(Cl)cccc1Cl)C3=O)CN(Cc1ccncc1)CO2. The summed E-state index contributed by atoms with van der Waals surface area (Å²) >= 11 is 12.5. The standard InChI is InChI=1S/C24H18Cl2N2O3/c1-14-23-16(12-28(13-30-23)11-15-5-7-27-8-6-15)9-18-22(29)21(31-24(14)18)10-17-19(25)3-2-4-20(17)26/h2-10H,11-13H2,1H3/b21-10-. The molecule has 0 amide bonds. The summed E-state index contributed by atoms with van der Waals surface area (Å²) in [4.78, 5) is 19.3. The molecule has 5 nitrogen and oxygen atoms in total. The first kappa shape index (κ1) is 20.1. The van der Waals surface area contributed by atoms with Crippen LogP contribution in [0.4, 0.5) is 0 Å². The number of allylic oxidation sites excluding steroid dienone is 1. The Kier molecular flexibility index (Phi) is 5.18. The van der Waals surface area contributed by atoms with Gasteiger partial charge < -0.3 is 9.47 Å². The van der Waals surface area contributed by atoms with Crippen molar-refractivity contribution < 1.29 is 14.3 Å². The van der Waals surface area contributed by atoms with Crippen molar-refractivity contribution in [1.82, 2.24) is 9.88 Å². The van der Waals surface area contributed by atoms with Gasteiger partial charge in [0.2, 0.25) is 5.78 Å². The molecule has 0 radical (unpaired) electrons. The lowest BCUT2D eigenvalue weighted by atomic mass is 10.00. The van der Waals surface area contributed by atoms with Gasteiger partial charge >= 0.3 is 0 Å². The monoisotopic (exact) mass is 452 g/mol. The summed E-state index contributed by atoms with van der Waals surface area (Å²) in [5.41, 5.74) is 4.02. The Bertz CT molecular complexity index is 1200. The van der Waals surface area contributed by atoms with Gasteiger partial charge in [-0.05, 0) is 48.9 Å². The average Bonchev–Trinajstić information content (AvgIpc) is 3.07. The van der Waals surface area contributed by atoms with Crippen molar-refractivity contribution in [3.8, 4) is 11.5 Å². The fourth-order valence-corrected chi connectivity index (χ4v) is 4.43. The Hall–Kier alpha value is -2.86. The van der Waals surface area contributed by atoms with Gasteiger partial charge in [-0.25, -0.2) is 0 Å². The van der Waals surface area contributed by atoms with Crippen LogP contribution in [0.15, 0.2) is 54.6 Å². The van der Waals surface area contributed by atoms with Crippen molar-refractivity contribution in [2.45, 2.75) is 20.0 Å². The van der Waals surface area contributed by atoms with Crippen LogP contribution in [0.25, 0.3) is 6.08 Å². The van der Waals surface area contributed by atoms with Gasteiger partial charge in [-0.2, -0.15) is 0 Å². The molecular weight excluding hydrogens is 435 g/mol. The Morgan fingerprint density at radius 2 is 1.87 bits per heavy atom. The van der Waals surface area contributed by atoms with Crippen LogP contribution in [0.1, 0.15) is 32.6 Å². The van der Waals surface area contributed by atoms with Crippen LogP contribution in [-0.2, 0) is 13.1 Å². The molecule has 3 aromatic rings. The van der Waals surface area contributed by atoms with Crippen molar-refractivity contribution in [3.05, 3.63) is 92.4 Å². The summed E-state index contributed by atoms with van der Waals surface area (Å²) in [6.07, 6.45) is 5.16. The van der Waals surface area contributed by atoms with Crippen LogP contribution < -0.4 is 9.47 Å². The molecule has 3 heterocycles. The van der Waals surface area contributed by atoms with Crippen LogP contribution in [0.5, 0.6) is 11.5 Å². The smallest absolute Gasteiger partial charge is 0.231 e. The molecule has 0 atom stereocenters. The highest BCUT2D eigenvalue weighted by Crippen LogP contribution is 2.43. The van der Waals surface area contributed by atoms with Gasteiger partial charge in [-0.1, -0.05) is 29.3 Å². The minimum atomic E-state index is -0.192. The molecule has 0 saturated heterocycles. The Morgan fingerprint density at radius 3 is 2.61 bits per heavy atom. The number of carbonyl (C=O) groups is 1. The predicted octanol–water partition coefficient (Wildman–Crippen LogP) is 5.67. The number of fused-ring (bicyclic) bond motifs is 2. The molecule has 0 unspecified atom stereocenters. The molecular formula is C24H18Cl2N2O3. The maximum Gasteiger partial charge on any atom is 0.231 e. The summed E-state index contributed by atoms with van der Waals surface area (Å²) in [6.45, 7) is 3.78. The quantitative estimate of drug-likeness (QED) is 0.479.